The van der Waals surface area contributed by atoms with Crippen molar-refractivity contribution in [1.82, 2.24) is 14.9 Å². The van der Waals surface area contributed by atoms with E-state index in [-0.39, 0.29) is 11.7 Å². The number of carbonyl (C=O) groups excluding carboxylic acids is 1. The third-order valence-corrected chi connectivity index (χ3v) is 3.53. The zero-order chi connectivity index (χ0) is 14.8. The lowest BCUT2D eigenvalue weighted by Gasteiger charge is -2.14. The molecule has 5 nitrogen and oxygen atoms in total. The number of amides is 1. The number of piperidine rings is 1. The highest BCUT2D eigenvalue weighted by Crippen LogP contribution is 2.25. The molecular formula is C16H17N3O2. The molecule has 1 aromatic heterocycles. The van der Waals surface area contributed by atoms with Gasteiger partial charge in [-0.3, -0.25) is 4.79 Å². The molecule has 1 amide bonds. The van der Waals surface area contributed by atoms with Gasteiger partial charge in [-0.05, 0) is 43.5 Å². The Morgan fingerprint density at radius 1 is 1.43 bits per heavy atom. The van der Waals surface area contributed by atoms with Gasteiger partial charge in [-0.15, -0.1) is 0 Å². The van der Waals surface area contributed by atoms with Crippen molar-refractivity contribution in [2.45, 2.75) is 19.8 Å². The number of hydrogen-bond acceptors (Lipinski definition) is 3. The van der Waals surface area contributed by atoms with E-state index in [1.165, 1.54) is 0 Å². The Bertz CT molecular complexity index is 716. The summed E-state index contributed by atoms with van der Waals surface area (Å²) in [6.07, 6.45) is 7.07. The van der Waals surface area contributed by atoms with Crippen LogP contribution in [0.15, 0.2) is 36.3 Å². The minimum atomic E-state index is -0.0185. The van der Waals surface area contributed by atoms with E-state index in [1.807, 2.05) is 31.3 Å². The van der Waals surface area contributed by atoms with Crippen LogP contribution in [0.25, 0.3) is 11.8 Å². The van der Waals surface area contributed by atoms with Crippen molar-refractivity contribution in [2.75, 3.05) is 6.54 Å². The lowest BCUT2D eigenvalue weighted by molar-refractivity contribution is -0.118. The van der Waals surface area contributed by atoms with Crippen molar-refractivity contribution in [1.29, 1.82) is 0 Å². The van der Waals surface area contributed by atoms with Crippen molar-refractivity contribution >= 4 is 12.0 Å². The summed E-state index contributed by atoms with van der Waals surface area (Å²) in [4.78, 5) is 15.9. The zero-order valence-corrected chi connectivity index (χ0v) is 11.8. The predicted molar refractivity (Wildman–Crippen MR) is 80.2 cm³/mol. The Morgan fingerprint density at radius 3 is 2.95 bits per heavy atom. The molecule has 21 heavy (non-hydrogen) atoms. The van der Waals surface area contributed by atoms with Gasteiger partial charge >= 0.3 is 0 Å². The first-order valence-electron chi connectivity index (χ1n) is 6.96. The zero-order valence-electron chi connectivity index (χ0n) is 11.8. The van der Waals surface area contributed by atoms with Gasteiger partial charge in [-0.2, -0.15) is 0 Å². The van der Waals surface area contributed by atoms with Crippen molar-refractivity contribution in [2.24, 2.45) is 0 Å². The van der Waals surface area contributed by atoms with Crippen LogP contribution in [0, 0.1) is 6.92 Å². The van der Waals surface area contributed by atoms with Crippen molar-refractivity contribution in [3.63, 3.8) is 0 Å². The van der Waals surface area contributed by atoms with Gasteiger partial charge in [0, 0.05) is 18.3 Å². The Hall–Kier alpha value is -2.56. The second-order valence-corrected chi connectivity index (χ2v) is 5.20. The fourth-order valence-electron chi connectivity index (χ4n) is 2.45. The molecule has 3 rings (SSSR count). The van der Waals surface area contributed by atoms with Crippen molar-refractivity contribution < 1.29 is 9.90 Å². The number of aromatic hydroxyl groups is 1. The maximum Gasteiger partial charge on any atom is 0.247 e. The monoisotopic (exact) mass is 283 g/mol. The minimum Gasteiger partial charge on any atom is -0.506 e. The summed E-state index contributed by atoms with van der Waals surface area (Å²) in [5.41, 5.74) is 3.14. The molecule has 1 aromatic carbocycles. The summed E-state index contributed by atoms with van der Waals surface area (Å²) in [7, 11) is 0. The molecule has 1 saturated heterocycles. The van der Waals surface area contributed by atoms with E-state index in [1.54, 1.807) is 17.0 Å². The molecule has 0 atom stereocenters. The standard InChI is InChI=1S/C16H17N3O2/c1-11-9-19(10-18-11)14-5-4-12(8-15(14)20)7-13-3-2-6-17-16(13)21/h4-5,7-10,20H,2-3,6H2,1H3,(H,17,21)/b13-7+. The third-order valence-electron chi connectivity index (χ3n) is 3.53. The second-order valence-electron chi connectivity index (χ2n) is 5.20. The summed E-state index contributed by atoms with van der Waals surface area (Å²) in [5.74, 6) is 0.146. The molecule has 0 saturated carbocycles. The topological polar surface area (TPSA) is 67.2 Å². The highest BCUT2D eigenvalue weighted by molar-refractivity contribution is 5.98. The van der Waals surface area contributed by atoms with Gasteiger partial charge < -0.3 is 15.0 Å². The molecule has 0 bridgehead atoms. The Morgan fingerprint density at radius 2 is 2.29 bits per heavy atom. The molecule has 5 heteroatoms. The number of rotatable bonds is 2. The van der Waals surface area contributed by atoms with Gasteiger partial charge in [0.25, 0.3) is 0 Å². The van der Waals surface area contributed by atoms with E-state index in [4.69, 9.17) is 0 Å². The maximum absolute atomic E-state index is 11.7. The lowest BCUT2D eigenvalue weighted by atomic mass is 10.0. The van der Waals surface area contributed by atoms with Crippen LogP contribution in [0.3, 0.4) is 0 Å². The quantitative estimate of drug-likeness (QED) is 0.830. The molecule has 1 aliphatic heterocycles. The first kappa shape index (κ1) is 13.4. The summed E-state index contributed by atoms with van der Waals surface area (Å²) in [6, 6.07) is 5.38. The Labute approximate surface area is 122 Å². The van der Waals surface area contributed by atoms with Crippen LogP contribution < -0.4 is 5.32 Å². The van der Waals surface area contributed by atoms with Gasteiger partial charge in [-0.25, -0.2) is 4.98 Å². The van der Waals surface area contributed by atoms with Crippen LogP contribution in [0.1, 0.15) is 24.1 Å². The van der Waals surface area contributed by atoms with Crippen molar-refractivity contribution in [3.05, 3.63) is 47.6 Å². The number of carbonyl (C=O) groups is 1. The molecule has 1 fully saturated rings. The first-order chi connectivity index (χ1) is 10.1. The Balaban J connectivity index is 1.91. The summed E-state index contributed by atoms with van der Waals surface area (Å²) in [6.45, 7) is 2.63. The average molecular weight is 283 g/mol. The molecule has 0 spiro atoms. The van der Waals surface area contributed by atoms with E-state index >= 15 is 0 Å². The highest BCUT2D eigenvalue weighted by atomic mass is 16.3. The highest BCUT2D eigenvalue weighted by Gasteiger charge is 2.14. The normalized spacial score (nSPS) is 17.0. The minimum absolute atomic E-state index is 0.0185. The summed E-state index contributed by atoms with van der Waals surface area (Å²) in [5, 5.41) is 13.0. The van der Waals surface area contributed by atoms with Gasteiger partial charge in [0.2, 0.25) is 5.91 Å². The maximum atomic E-state index is 11.7. The number of phenolic OH excluding ortho intramolecular Hbond substituents is 1. The van der Waals surface area contributed by atoms with Gasteiger partial charge in [0.1, 0.15) is 5.75 Å². The number of imidazole rings is 1. The van der Waals surface area contributed by atoms with Crippen LogP contribution in [0.5, 0.6) is 5.75 Å². The molecule has 1 aliphatic rings. The molecule has 0 unspecified atom stereocenters. The second kappa shape index (κ2) is 5.44. The first-order valence-corrected chi connectivity index (χ1v) is 6.96. The molecule has 2 aromatic rings. The van der Waals surface area contributed by atoms with Crippen LogP contribution in [0.4, 0.5) is 0 Å². The van der Waals surface area contributed by atoms with E-state index in [9.17, 15) is 9.90 Å². The Kier molecular flexibility index (Phi) is 3.48. The lowest BCUT2D eigenvalue weighted by Crippen LogP contribution is -2.30. The molecule has 2 heterocycles. The number of aryl methyl sites for hydroxylation is 1. The van der Waals surface area contributed by atoms with Crippen LogP contribution in [0.2, 0.25) is 0 Å². The van der Waals surface area contributed by atoms with Crippen LogP contribution in [-0.2, 0) is 4.79 Å². The third kappa shape index (κ3) is 2.81. The molecule has 108 valence electrons. The van der Waals surface area contributed by atoms with Gasteiger partial charge in [0.15, 0.2) is 0 Å². The summed E-state index contributed by atoms with van der Waals surface area (Å²) >= 11 is 0. The largest absolute Gasteiger partial charge is 0.506 e. The van der Waals surface area contributed by atoms with Crippen LogP contribution in [-0.4, -0.2) is 27.1 Å². The number of nitrogens with zero attached hydrogens (tertiary/aromatic N) is 2. The number of hydrogen-bond donors (Lipinski definition) is 2. The number of benzene rings is 1. The van der Waals surface area contributed by atoms with E-state index in [2.05, 4.69) is 10.3 Å². The summed E-state index contributed by atoms with van der Waals surface area (Å²) < 4.78 is 1.77. The predicted octanol–water partition coefficient (Wildman–Crippen LogP) is 2.18. The van der Waals surface area contributed by atoms with Crippen molar-refractivity contribution in [3.8, 4) is 11.4 Å². The van der Waals surface area contributed by atoms with E-state index < -0.39 is 0 Å². The average Bonchev–Trinajstić information content (AvgIpc) is 2.88. The number of nitrogens with one attached hydrogen (secondary N) is 1. The SMILES string of the molecule is Cc1cn(-c2ccc(/C=C3\CCCNC3=O)cc2O)cn1. The van der Waals surface area contributed by atoms with Crippen LogP contribution >= 0.6 is 0 Å². The molecule has 0 radical (unpaired) electrons. The van der Waals surface area contributed by atoms with E-state index in [0.29, 0.717) is 5.69 Å². The fraction of sp³-hybridized carbons (Fsp3) is 0.250. The van der Waals surface area contributed by atoms with Gasteiger partial charge in [-0.1, -0.05) is 6.07 Å². The molecular weight excluding hydrogens is 266 g/mol. The molecule has 2 N–H and O–H groups in total. The number of phenols is 1. The van der Waals surface area contributed by atoms with Gasteiger partial charge in [0.05, 0.1) is 17.7 Å². The smallest absolute Gasteiger partial charge is 0.247 e. The molecule has 0 aliphatic carbocycles. The number of aromatic nitrogens is 2. The van der Waals surface area contributed by atoms with E-state index in [0.717, 1.165) is 36.2 Å². The fourth-order valence-corrected chi connectivity index (χ4v) is 2.45.